The molecule has 1 aromatic rings. The van der Waals surface area contributed by atoms with Crippen LogP contribution < -0.4 is 21.3 Å². The number of hydrogen-bond acceptors (Lipinski definition) is 6. The number of rotatable bonds is 2. The lowest BCUT2D eigenvalue weighted by atomic mass is 10.1. The first-order chi connectivity index (χ1) is 8.81. The van der Waals surface area contributed by atoms with E-state index >= 15 is 0 Å². The molecule has 1 heterocycles. The van der Waals surface area contributed by atoms with Gasteiger partial charge in [0.25, 0.3) is 0 Å². The Kier molecular flexibility index (Phi) is 3.09. The van der Waals surface area contributed by atoms with Crippen LogP contribution in [-0.4, -0.2) is 31.7 Å². The first-order valence-electron chi connectivity index (χ1n) is 6.08. The highest BCUT2D eigenvalue weighted by molar-refractivity contribution is 6.05. The molecule has 0 saturated heterocycles. The minimum Gasteiger partial charge on any atom is -0.378 e. The number of nitrogens with two attached hydrogens (primary N) is 2. The maximum Gasteiger partial charge on any atom is 0.220 e. The van der Waals surface area contributed by atoms with E-state index in [0.29, 0.717) is 5.96 Å². The van der Waals surface area contributed by atoms with Crippen molar-refractivity contribution in [1.82, 2.24) is 0 Å². The van der Waals surface area contributed by atoms with Gasteiger partial charge in [0.2, 0.25) is 11.9 Å². The van der Waals surface area contributed by atoms with Crippen LogP contribution in [0.5, 0.6) is 0 Å². The van der Waals surface area contributed by atoms with Gasteiger partial charge in [0.05, 0.1) is 0 Å². The molecule has 0 radical (unpaired) electrons. The molecule has 0 unspecified atom stereocenters. The van der Waals surface area contributed by atoms with E-state index in [0.717, 1.165) is 11.4 Å². The minimum atomic E-state index is -0.546. The molecule has 1 aliphatic heterocycles. The number of guanidine groups is 2. The fraction of sp³-hybridized carbons (Fsp3) is 0.385. The molecule has 1 aromatic carbocycles. The Morgan fingerprint density at radius 3 is 2.16 bits per heavy atom. The molecule has 0 fully saturated rings. The van der Waals surface area contributed by atoms with Gasteiger partial charge in [-0.2, -0.15) is 4.99 Å². The van der Waals surface area contributed by atoms with Gasteiger partial charge in [-0.3, -0.25) is 4.90 Å². The summed E-state index contributed by atoms with van der Waals surface area (Å²) in [5.74, 6) is 0.568. The van der Waals surface area contributed by atoms with Crippen LogP contribution in [0, 0.1) is 0 Å². The van der Waals surface area contributed by atoms with Crippen LogP contribution in [0.4, 0.5) is 11.4 Å². The molecule has 19 heavy (non-hydrogen) atoms. The maximum absolute atomic E-state index is 5.98. The Hall–Kier alpha value is -2.24. The van der Waals surface area contributed by atoms with E-state index in [1.54, 1.807) is 0 Å². The molecule has 6 nitrogen and oxygen atoms in total. The molecule has 0 atom stereocenters. The van der Waals surface area contributed by atoms with Gasteiger partial charge in [0.15, 0.2) is 0 Å². The molecule has 0 bridgehead atoms. The van der Waals surface area contributed by atoms with Crippen molar-refractivity contribution in [3.63, 3.8) is 0 Å². The van der Waals surface area contributed by atoms with Crippen LogP contribution in [-0.2, 0) is 0 Å². The third-order valence-electron chi connectivity index (χ3n) is 3.02. The molecule has 0 aromatic heterocycles. The SMILES string of the molecule is CN(C)c1ccc(N2C(N)=NC(N)=NC2(C)C)cc1. The third-order valence-corrected chi connectivity index (χ3v) is 3.02. The van der Waals surface area contributed by atoms with Crippen molar-refractivity contribution in [3.8, 4) is 0 Å². The second-order valence-corrected chi connectivity index (χ2v) is 5.18. The van der Waals surface area contributed by atoms with Gasteiger partial charge in [-0.05, 0) is 38.1 Å². The third kappa shape index (κ3) is 2.47. The molecular formula is C13H20N6. The molecular weight excluding hydrogens is 240 g/mol. The standard InChI is InChI=1S/C13H20N6/c1-13(2)17-11(14)16-12(15)19(13)10-7-5-9(6-8-10)18(3)4/h5-8H,1-4H3,(H4,14,15,16,17). The van der Waals surface area contributed by atoms with Crippen LogP contribution in [0.25, 0.3) is 0 Å². The molecule has 1 aliphatic rings. The van der Waals surface area contributed by atoms with E-state index in [9.17, 15) is 0 Å². The minimum absolute atomic E-state index is 0.212. The van der Waals surface area contributed by atoms with Crippen molar-refractivity contribution < 1.29 is 0 Å². The summed E-state index contributed by atoms with van der Waals surface area (Å²) in [6, 6.07) is 8.05. The van der Waals surface area contributed by atoms with Gasteiger partial charge < -0.3 is 16.4 Å². The lowest BCUT2D eigenvalue weighted by molar-refractivity contribution is 0.534. The molecule has 0 saturated carbocycles. The second-order valence-electron chi connectivity index (χ2n) is 5.18. The van der Waals surface area contributed by atoms with E-state index in [2.05, 4.69) is 9.98 Å². The van der Waals surface area contributed by atoms with Gasteiger partial charge in [-0.25, -0.2) is 4.99 Å². The number of nitrogens with zero attached hydrogens (tertiary/aromatic N) is 4. The zero-order valence-electron chi connectivity index (χ0n) is 11.8. The lowest BCUT2D eigenvalue weighted by Crippen LogP contribution is -2.54. The van der Waals surface area contributed by atoms with Crippen LogP contribution >= 0.6 is 0 Å². The Morgan fingerprint density at radius 1 is 1.11 bits per heavy atom. The first-order valence-corrected chi connectivity index (χ1v) is 6.08. The summed E-state index contributed by atoms with van der Waals surface area (Å²) in [5, 5.41) is 0. The Balaban J connectivity index is 2.38. The van der Waals surface area contributed by atoms with Crippen molar-refractivity contribution in [2.45, 2.75) is 19.5 Å². The van der Waals surface area contributed by atoms with Gasteiger partial charge in [0.1, 0.15) is 5.66 Å². The number of aliphatic imine (C=N–C) groups is 2. The van der Waals surface area contributed by atoms with Gasteiger partial charge in [-0.15, -0.1) is 0 Å². The summed E-state index contributed by atoms with van der Waals surface area (Å²) in [6.45, 7) is 3.89. The highest BCUT2D eigenvalue weighted by Gasteiger charge is 2.32. The average Bonchev–Trinajstić information content (AvgIpc) is 2.26. The Labute approximate surface area is 113 Å². The largest absolute Gasteiger partial charge is 0.378 e. The zero-order valence-corrected chi connectivity index (χ0v) is 11.8. The molecule has 0 aliphatic carbocycles. The van der Waals surface area contributed by atoms with Crippen LogP contribution in [0.2, 0.25) is 0 Å². The number of benzene rings is 1. The van der Waals surface area contributed by atoms with Gasteiger partial charge >= 0.3 is 0 Å². The molecule has 4 N–H and O–H groups in total. The van der Waals surface area contributed by atoms with E-state index in [1.807, 2.05) is 62.0 Å². The topological polar surface area (TPSA) is 83.2 Å². The van der Waals surface area contributed by atoms with Crippen LogP contribution in [0.1, 0.15) is 13.8 Å². The van der Waals surface area contributed by atoms with Crippen molar-refractivity contribution in [2.75, 3.05) is 23.9 Å². The van der Waals surface area contributed by atoms with Crippen LogP contribution in [0.15, 0.2) is 34.3 Å². The molecule has 0 amide bonds. The van der Waals surface area contributed by atoms with E-state index < -0.39 is 5.66 Å². The molecule has 102 valence electrons. The van der Waals surface area contributed by atoms with Crippen molar-refractivity contribution in [3.05, 3.63) is 24.3 Å². The predicted molar refractivity (Wildman–Crippen MR) is 80.6 cm³/mol. The zero-order chi connectivity index (χ0) is 14.2. The summed E-state index contributed by atoms with van der Waals surface area (Å²) in [7, 11) is 4.00. The quantitative estimate of drug-likeness (QED) is 0.829. The molecule has 2 rings (SSSR count). The summed E-state index contributed by atoms with van der Waals surface area (Å²) < 4.78 is 0. The number of hydrogen-bond donors (Lipinski definition) is 2. The first kappa shape index (κ1) is 13.2. The molecule has 0 spiro atoms. The summed E-state index contributed by atoms with van der Waals surface area (Å²) >= 11 is 0. The molecule has 6 heteroatoms. The highest BCUT2D eigenvalue weighted by Crippen LogP contribution is 2.28. The van der Waals surface area contributed by atoms with E-state index in [1.165, 1.54) is 0 Å². The van der Waals surface area contributed by atoms with Crippen molar-refractivity contribution in [1.29, 1.82) is 0 Å². The fourth-order valence-corrected chi connectivity index (χ4v) is 2.15. The maximum atomic E-state index is 5.98. The number of anilines is 2. The average molecular weight is 260 g/mol. The van der Waals surface area contributed by atoms with E-state index in [4.69, 9.17) is 11.5 Å². The predicted octanol–water partition coefficient (Wildman–Crippen LogP) is 0.938. The monoisotopic (exact) mass is 260 g/mol. The Morgan fingerprint density at radius 2 is 1.68 bits per heavy atom. The van der Waals surface area contributed by atoms with Crippen molar-refractivity contribution in [2.24, 2.45) is 21.5 Å². The summed E-state index contributed by atoms with van der Waals surface area (Å²) in [4.78, 5) is 12.3. The van der Waals surface area contributed by atoms with Gasteiger partial charge in [0, 0.05) is 25.5 Å². The smallest absolute Gasteiger partial charge is 0.220 e. The van der Waals surface area contributed by atoms with E-state index in [-0.39, 0.29) is 5.96 Å². The van der Waals surface area contributed by atoms with Gasteiger partial charge in [-0.1, -0.05) is 0 Å². The van der Waals surface area contributed by atoms with Crippen LogP contribution in [0.3, 0.4) is 0 Å². The lowest BCUT2D eigenvalue weighted by Gasteiger charge is -2.38. The normalized spacial score (nSPS) is 17.8. The second kappa shape index (κ2) is 4.46. The summed E-state index contributed by atoms with van der Waals surface area (Å²) in [5.41, 5.74) is 13.1. The van der Waals surface area contributed by atoms with Crippen molar-refractivity contribution >= 4 is 23.3 Å². The highest BCUT2D eigenvalue weighted by atomic mass is 15.4. The fourth-order valence-electron chi connectivity index (χ4n) is 2.15. The summed E-state index contributed by atoms with van der Waals surface area (Å²) in [6.07, 6.45) is 0. The Bertz CT molecular complexity index is 527.